The highest BCUT2D eigenvalue weighted by Crippen LogP contribution is 2.18. The van der Waals surface area contributed by atoms with Gasteiger partial charge < -0.3 is 15.4 Å². The van der Waals surface area contributed by atoms with Gasteiger partial charge in [-0.2, -0.15) is 0 Å². The lowest BCUT2D eigenvalue weighted by Crippen LogP contribution is -2.47. The molecule has 1 aliphatic heterocycles. The Bertz CT molecular complexity index is 446. The van der Waals surface area contributed by atoms with Crippen molar-refractivity contribution in [3.8, 4) is 5.75 Å². The lowest BCUT2D eigenvalue weighted by atomic mass is 10.1. The number of hydrogen-bond acceptors (Lipinski definition) is 3. The van der Waals surface area contributed by atoms with Crippen molar-refractivity contribution in [3.63, 3.8) is 0 Å². The van der Waals surface area contributed by atoms with Crippen LogP contribution >= 0.6 is 0 Å². The molecule has 0 aromatic heterocycles. The lowest BCUT2D eigenvalue weighted by Gasteiger charge is -2.23. The van der Waals surface area contributed by atoms with Crippen molar-refractivity contribution in [1.29, 1.82) is 0 Å². The lowest BCUT2D eigenvalue weighted by molar-refractivity contribution is -0.124. The predicted octanol–water partition coefficient (Wildman–Crippen LogP) is 1.62. The zero-order valence-electron chi connectivity index (χ0n) is 11.0. The Labute approximate surface area is 113 Å². The minimum absolute atomic E-state index is 0.0933. The van der Waals surface area contributed by atoms with E-state index in [-0.39, 0.29) is 11.9 Å². The molecule has 1 saturated heterocycles. The number of carbonyl (C=O) groups is 1. The molecule has 1 heterocycles. The molecule has 0 spiro atoms. The Morgan fingerprint density at radius 3 is 3.11 bits per heavy atom. The maximum Gasteiger partial charge on any atom is 0.237 e. The van der Waals surface area contributed by atoms with Gasteiger partial charge in [0.25, 0.3) is 0 Å². The third kappa shape index (κ3) is 3.83. The van der Waals surface area contributed by atoms with Gasteiger partial charge in [-0.05, 0) is 18.9 Å². The molecule has 0 saturated carbocycles. The summed E-state index contributed by atoms with van der Waals surface area (Å²) in [7, 11) is 0. The summed E-state index contributed by atoms with van der Waals surface area (Å²) in [6.07, 6.45) is 3.64. The standard InChI is InChI=1S/C15H20N2O2/c1-2-10-19-14-8-4-3-6-12(14)11-17-13-7-5-9-16-15(13)18/h2-4,6,8,13,17H,1,5,7,9-11H2,(H,16,18). The van der Waals surface area contributed by atoms with Crippen molar-refractivity contribution in [1.82, 2.24) is 10.6 Å². The topological polar surface area (TPSA) is 50.4 Å². The van der Waals surface area contributed by atoms with Crippen molar-refractivity contribution >= 4 is 5.91 Å². The third-order valence-corrected chi connectivity index (χ3v) is 3.15. The van der Waals surface area contributed by atoms with Crippen LogP contribution in [0.25, 0.3) is 0 Å². The number of nitrogens with one attached hydrogen (secondary N) is 2. The molecule has 4 heteroatoms. The van der Waals surface area contributed by atoms with E-state index in [1.807, 2.05) is 24.3 Å². The molecule has 4 nitrogen and oxygen atoms in total. The largest absolute Gasteiger partial charge is 0.489 e. The molecule has 102 valence electrons. The number of amides is 1. The average molecular weight is 260 g/mol. The summed E-state index contributed by atoms with van der Waals surface area (Å²) in [5.41, 5.74) is 1.06. The zero-order valence-corrected chi connectivity index (χ0v) is 11.0. The zero-order chi connectivity index (χ0) is 13.5. The summed E-state index contributed by atoms with van der Waals surface area (Å²) in [5.74, 6) is 0.932. The van der Waals surface area contributed by atoms with Crippen LogP contribution in [0.5, 0.6) is 5.75 Å². The Morgan fingerprint density at radius 1 is 1.47 bits per heavy atom. The monoisotopic (exact) mass is 260 g/mol. The van der Waals surface area contributed by atoms with Gasteiger partial charge in [-0.15, -0.1) is 0 Å². The Balaban J connectivity index is 1.94. The summed E-state index contributed by atoms with van der Waals surface area (Å²) in [4.78, 5) is 11.7. The van der Waals surface area contributed by atoms with Gasteiger partial charge in [-0.1, -0.05) is 30.9 Å². The highest BCUT2D eigenvalue weighted by molar-refractivity contribution is 5.82. The molecule has 2 rings (SSSR count). The summed E-state index contributed by atoms with van der Waals surface area (Å²) in [6, 6.07) is 7.75. The van der Waals surface area contributed by atoms with Gasteiger partial charge in [0.2, 0.25) is 5.91 Å². The van der Waals surface area contributed by atoms with E-state index in [9.17, 15) is 4.79 Å². The van der Waals surface area contributed by atoms with Gasteiger partial charge in [0.05, 0.1) is 6.04 Å². The van der Waals surface area contributed by atoms with E-state index in [1.54, 1.807) is 6.08 Å². The smallest absolute Gasteiger partial charge is 0.237 e. The van der Waals surface area contributed by atoms with Crippen LogP contribution in [0.3, 0.4) is 0 Å². The van der Waals surface area contributed by atoms with E-state index in [0.29, 0.717) is 13.2 Å². The number of hydrogen-bond donors (Lipinski definition) is 2. The van der Waals surface area contributed by atoms with Crippen molar-refractivity contribution in [3.05, 3.63) is 42.5 Å². The summed E-state index contributed by atoms with van der Waals surface area (Å²) in [5, 5.41) is 6.16. The number of ether oxygens (including phenoxy) is 1. The Morgan fingerprint density at radius 2 is 2.32 bits per heavy atom. The molecule has 0 bridgehead atoms. The van der Waals surface area contributed by atoms with Crippen LogP contribution in [0.4, 0.5) is 0 Å². The molecular formula is C15H20N2O2. The number of rotatable bonds is 6. The average Bonchev–Trinajstić information content (AvgIpc) is 2.45. The number of carbonyl (C=O) groups excluding carboxylic acids is 1. The SMILES string of the molecule is C=CCOc1ccccc1CNC1CCCNC1=O. The van der Waals surface area contributed by atoms with Crippen molar-refractivity contribution < 1.29 is 9.53 Å². The fraction of sp³-hybridized carbons (Fsp3) is 0.400. The second-order valence-corrected chi connectivity index (χ2v) is 4.57. The van der Waals surface area contributed by atoms with Gasteiger partial charge in [-0.3, -0.25) is 4.79 Å². The molecule has 1 fully saturated rings. The fourth-order valence-corrected chi connectivity index (χ4v) is 2.14. The van der Waals surface area contributed by atoms with Crippen LogP contribution in [0.2, 0.25) is 0 Å². The van der Waals surface area contributed by atoms with Gasteiger partial charge in [0, 0.05) is 18.7 Å². The normalized spacial score (nSPS) is 18.7. The molecule has 1 aromatic carbocycles. The van der Waals surface area contributed by atoms with E-state index in [2.05, 4.69) is 17.2 Å². The van der Waals surface area contributed by atoms with Crippen LogP contribution < -0.4 is 15.4 Å². The first kappa shape index (κ1) is 13.6. The van der Waals surface area contributed by atoms with Gasteiger partial charge >= 0.3 is 0 Å². The molecule has 1 unspecified atom stereocenters. The van der Waals surface area contributed by atoms with Crippen molar-refractivity contribution in [2.45, 2.75) is 25.4 Å². The molecule has 19 heavy (non-hydrogen) atoms. The van der Waals surface area contributed by atoms with Crippen molar-refractivity contribution in [2.75, 3.05) is 13.2 Å². The quantitative estimate of drug-likeness (QED) is 0.764. The number of para-hydroxylation sites is 1. The van der Waals surface area contributed by atoms with Gasteiger partial charge in [-0.25, -0.2) is 0 Å². The molecule has 1 aromatic rings. The maximum atomic E-state index is 11.7. The summed E-state index contributed by atoms with van der Waals surface area (Å²) < 4.78 is 5.59. The first-order valence-corrected chi connectivity index (χ1v) is 6.64. The van der Waals surface area contributed by atoms with E-state index < -0.39 is 0 Å². The molecule has 0 radical (unpaired) electrons. The molecule has 1 amide bonds. The second kappa shape index (κ2) is 6.95. The highest BCUT2D eigenvalue weighted by atomic mass is 16.5. The van der Waals surface area contributed by atoms with E-state index in [0.717, 1.165) is 30.7 Å². The summed E-state index contributed by atoms with van der Waals surface area (Å²) in [6.45, 7) is 5.55. The minimum Gasteiger partial charge on any atom is -0.489 e. The molecular weight excluding hydrogens is 240 g/mol. The molecule has 2 N–H and O–H groups in total. The Hall–Kier alpha value is -1.81. The third-order valence-electron chi connectivity index (χ3n) is 3.15. The van der Waals surface area contributed by atoms with Gasteiger partial charge in [0.15, 0.2) is 0 Å². The van der Waals surface area contributed by atoms with E-state index in [1.165, 1.54) is 0 Å². The minimum atomic E-state index is -0.0961. The van der Waals surface area contributed by atoms with E-state index >= 15 is 0 Å². The van der Waals surface area contributed by atoms with Crippen LogP contribution in [-0.2, 0) is 11.3 Å². The molecule has 0 aliphatic carbocycles. The molecule has 1 aliphatic rings. The van der Waals surface area contributed by atoms with Crippen molar-refractivity contribution in [2.24, 2.45) is 0 Å². The molecule has 1 atom stereocenters. The van der Waals surface area contributed by atoms with Crippen LogP contribution in [-0.4, -0.2) is 25.1 Å². The number of piperidine rings is 1. The number of benzene rings is 1. The van der Waals surface area contributed by atoms with Crippen LogP contribution in [0.1, 0.15) is 18.4 Å². The predicted molar refractivity (Wildman–Crippen MR) is 75.0 cm³/mol. The van der Waals surface area contributed by atoms with E-state index in [4.69, 9.17) is 4.74 Å². The highest BCUT2D eigenvalue weighted by Gasteiger charge is 2.21. The summed E-state index contributed by atoms with van der Waals surface area (Å²) >= 11 is 0. The maximum absolute atomic E-state index is 11.7. The fourth-order valence-electron chi connectivity index (χ4n) is 2.14. The van der Waals surface area contributed by atoms with Crippen LogP contribution in [0.15, 0.2) is 36.9 Å². The van der Waals surface area contributed by atoms with Crippen LogP contribution in [0, 0.1) is 0 Å². The Kier molecular flexibility index (Phi) is 4.98. The second-order valence-electron chi connectivity index (χ2n) is 4.57. The first-order valence-electron chi connectivity index (χ1n) is 6.64. The first-order chi connectivity index (χ1) is 9.31. The van der Waals surface area contributed by atoms with Gasteiger partial charge in [0.1, 0.15) is 12.4 Å².